The third kappa shape index (κ3) is 2.96. The van der Waals surface area contributed by atoms with Crippen molar-refractivity contribution in [3.05, 3.63) is 36.9 Å². The lowest BCUT2D eigenvalue weighted by Gasteiger charge is -2.14. The standard InChI is InChI=1S/C12H15BrN2S2/c1-12(2,3)9-6-17-11(15-9)10(14)8-4-7(13)5-16-8/h4-6,10H,14H2,1-3H3. The molecule has 0 aliphatic carbocycles. The second-order valence-electron chi connectivity index (χ2n) is 4.97. The Morgan fingerprint density at radius 2 is 2.00 bits per heavy atom. The van der Waals surface area contributed by atoms with E-state index in [-0.39, 0.29) is 11.5 Å². The van der Waals surface area contributed by atoms with Crippen LogP contribution in [0.25, 0.3) is 0 Å². The van der Waals surface area contributed by atoms with Gasteiger partial charge in [-0.05, 0) is 22.0 Å². The molecule has 0 aromatic carbocycles. The summed E-state index contributed by atoms with van der Waals surface area (Å²) in [5, 5.41) is 5.15. The summed E-state index contributed by atoms with van der Waals surface area (Å²) in [6.07, 6.45) is 0. The van der Waals surface area contributed by atoms with Crippen molar-refractivity contribution in [2.45, 2.75) is 32.2 Å². The van der Waals surface area contributed by atoms with Gasteiger partial charge in [-0.25, -0.2) is 4.98 Å². The maximum absolute atomic E-state index is 6.22. The zero-order valence-electron chi connectivity index (χ0n) is 10.0. The van der Waals surface area contributed by atoms with Crippen LogP contribution >= 0.6 is 38.6 Å². The summed E-state index contributed by atoms with van der Waals surface area (Å²) in [6.45, 7) is 6.50. The molecule has 2 aromatic heterocycles. The van der Waals surface area contributed by atoms with E-state index in [0.29, 0.717) is 0 Å². The maximum atomic E-state index is 6.22. The molecule has 0 spiro atoms. The molecule has 0 aliphatic rings. The summed E-state index contributed by atoms with van der Waals surface area (Å²) in [5.74, 6) is 0. The third-order valence-electron chi connectivity index (χ3n) is 2.45. The number of hydrogen-bond donors (Lipinski definition) is 1. The minimum Gasteiger partial charge on any atom is -0.318 e. The number of hydrogen-bond acceptors (Lipinski definition) is 4. The lowest BCUT2D eigenvalue weighted by atomic mass is 9.93. The Bertz CT molecular complexity index is 511. The summed E-state index contributed by atoms with van der Waals surface area (Å²) in [5.41, 5.74) is 7.43. The molecule has 0 aliphatic heterocycles. The first-order chi connectivity index (χ1) is 7.88. The zero-order chi connectivity index (χ0) is 12.6. The molecule has 1 atom stereocenters. The second-order valence-corrected chi connectivity index (χ2v) is 7.71. The van der Waals surface area contributed by atoms with Crippen molar-refractivity contribution in [2.75, 3.05) is 0 Å². The molecule has 2 aromatic rings. The van der Waals surface area contributed by atoms with Crippen LogP contribution in [0, 0.1) is 0 Å². The Kier molecular flexibility index (Phi) is 3.73. The number of thiophene rings is 1. The van der Waals surface area contributed by atoms with E-state index in [0.717, 1.165) is 20.1 Å². The fraction of sp³-hybridized carbons (Fsp3) is 0.417. The van der Waals surface area contributed by atoms with Crippen molar-refractivity contribution in [1.82, 2.24) is 4.98 Å². The van der Waals surface area contributed by atoms with E-state index in [9.17, 15) is 0 Å². The molecule has 0 saturated carbocycles. The Hall–Kier alpha value is -0.230. The molecule has 0 bridgehead atoms. The van der Waals surface area contributed by atoms with E-state index >= 15 is 0 Å². The number of halogens is 1. The van der Waals surface area contributed by atoms with E-state index < -0.39 is 0 Å². The molecular formula is C12H15BrN2S2. The topological polar surface area (TPSA) is 38.9 Å². The van der Waals surface area contributed by atoms with E-state index in [1.54, 1.807) is 22.7 Å². The normalized spacial score (nSPS) is 13.9. The Labute approximate surface area is 118 Å². The van der Waals surface area contributed by atoms with Gasteiger partial charge in [0.05, 0.1) is 11.7 Å². The minimum absolute atomic E-state index is 0.0878. The maximum Gasteiger partial charge on any atom is 0.115 e. The third-order valence-corrected chi connectivity index (χ3v) is 5.16. The zero-order valence-corrected chi connectivity index (χ0v) is 13.2. The van der Waals surface area contributed by atoms with Crippen molar-refractivity contribution in [1.29, 1.82) is 0 Å². The number of rotatable bonds is 2. The average Bonchev–Trinajstić information content (AvgIpc) is 2.83. The summed E-state index contributed by atoms with van der Waals surface area (Å²) in [4.78, 5) is 5.80. The van der Waals surface area contributed by atoms with Crippen LogP contribution in [-0.4, -0.2) is 4.98 Å². The first-order valence-electron chi connectivity index (χ1n) is 5.33. The van der Waals surface area contributed by atoms with Gasteiger partial charge in [-0.2, -0.15) is 0 Å². The highest BCUT2D eigenvalue weighted by atomic mass is 79.9. The Morgan fingerprint density at radius 3 is 2.47 bits per heavy atom. The molecule has 0 radical (unpaired) electrons. The van der Waals surface area contributed by atoms with Gasteiger partial charge in [0.2, 0.25) is 0 Å². The van der Waals surface area contributed by atoms with Gasteiger partial charge in [0, 0.05) is 25.5 Å². The average molecular weight is 331 g/mol. The molecule has 0 amide bonds. The molecule has 0 fully saturated rings. The van der Waals surface area contributed by atoms with Crippen molar-refractivity contribution in [2.24, 2.45) is 5.73 Å². The second kappa shape index (κ2) is 4.80. The Balaban J connectivity index is 2.26. The van der Waals surface area contributed by atoms with Gasteiger partial charge in [-0.15, -0.1) is 22.7 Å². The molecule has 2 N–H and O–H groups in total. The molecule has 2 nitrogen and oxygen atoms in total. The predicted molar refractivity (Wildman–Crippen MR) is 78.9 cm³/mol. The van der Waals surface area contributed by atoms with Crippen LogP contribution in [0.5, 0.6) is 0 Å². The smallest absolute Gasteiger partial charge is 0.115 e. The number of nitrogens with two attached hydrogens (primary N) is 1. The molecule has 2 heterocycles. The number of nitrogens with zero attached hydrogens (tertiary/aromatic N) is 1. The van der Waals surface area contributed by atoms with Crippen LogP contribution in [0.4, 0.5) is 0 Å². The van der Waals surface area contributed by atoms with Gasteiger partial charge in [-0.3, -0.25) is 0 Å². The lowest BCUT2D eigenvalue weighted by Crippen LogP contribution is -2.14. The monoisotopic (exact) mass is 330 g/mol. The first kappa shape index (κ1) is 13.2. The highest BCUT2D eigenvalue weighted by molar-refractivity contribution is 9.10. The van der Waals surface area contributed by atoms with Crippen LogP contribution in [0.2, 0.25) is 0 Å². The van der Waals surface area contributed by atoms with Gasteiger partial charge in [0.25, 0.3) is 0 Å². The van der Waals surface area contributed by atoms with Crippen LogP contribution in [0.3, 0.4) is 0 Å². The van der Waals surface area contributed by atoms with Crippen LogP contribution in [-0.2, 0) is 5.41 Å². The van der Waals surface area contributed by atoms with Crippen molar-refractivity contribution < 1.29 is 0 Å². The number of aromatic nitrogens is 1. The summed E-state index contributed by atoms with van der Waals surface area (Å²) >= 11 is 6.76. The van der Waals surface area contributed by atoms with Gasteiger partial charge >= 0.3 is 0 Å². The molecule has 5 heteroatoms. The fourth-order valence-corrected chi connectivity index (χ4v) is 3.97. The van der Waals surface area contributed by atoms with Crippen molar-refractivity contribution >= 4 is 38.6 Å². The van der Waals surface area contributed by atoms with Crippen molar-refractivity contribution in [3.63, 3.8) is 0 Å². The lowest BCUT2D eigenvalue weighted by molar-refractivity contribution is 0.569. The van der Waals surface area contributed by atoms with Crippen LogP contribution in [0.1, 0.15) is 42.4 Å². The Morgan fingerprint density at radius 1 is 1.29 bits per heavy atom. The summed E-state index contributed by atoms with van der Waals surface area (Å²) in [6, 6.07) is 1.96. The molecule has 0 saturated heterocycles. The van der Waals surface area contributed by atoms with E-state index in [2.05, 4.69) is 53.1 Å². The van der Waals surface area contributed by atoms with Gasteiger partial charge in [0.15, 0.2) is 0 Å². The fourth-order valence-electron chi connectivity index (χ4n) is 1.39. The van der Waals surface area contributed by atoms with Crippen molar-refractivity contribution in [3.8, 4) is 0 Å². The predicted octanol–water partition coefficient (Wildman–Crippen LogP) is 4.31. The molecule has 92 valence electrons. The highest BCUT2D eigenvalue weighted by Crippen LogP contribution is 2.32. The molecule has 17 heavy (non-hydrogen) atoms. The first-order valence-corrected chi connectivity index (χ1v) is 7.88. The summed E-state index contributed by atoms with van der Waals surface area (Å²) < 4.78 is 1.08. The van der Waals surface area contributed by atoms with Crippen LogP contribution in [0.15, 0.2) is 21.3 Å². The highest BCUT2D eigenvalue weighted by Gasteiger charge is 2.21. The van der Waals surface area contributed by atoms with Gasteiger partial charge in [-0.1, -0.05) is 20.8 Å². The van der Waals surface area contributed by atoms with E-state index in [1.165, 1.54) is 0 Å². The van der Waals surface area contributed by atoms with E-state index in [4.69, 9.17) is 5.73 Å². The molecular weight excluding hydrogens is 316 g/mol. The number of thiazole rings is 1. The largest absolute Gasteiger partial charge is 0.318 e. The molecule has 2 rings (SSSR count). The quantitative estimate of drug-likeness (QED) is 0.890. The SMILES string of the molecule is CC(C)(C)c1csc(C(N)c2cc(Br)cs2)n1. The van der Waals surface area contributed by atoms with Gasteiger partial charge < -0.3 is 5.73 Å². The minimum atomic E-state index is -0.104. The van der Waals surface area contributed by atoms with Crippen LogP contribution < -0.4 is 5.73 Å². The summed E-state index contributed by atoms with van der Waals surface area (Å²) in [7, 11) is 0. The van der Waals surface area contributed by atoms with E-state index in [1.807, 2.05) is 5.38 Å². The van der Waals surface area contributed by atoms with Gasteiger partial charge in [0.1, 0.15) is 5.01 Å². The molecule has 1 unspecified atom stereocenters.